The lowest BCUT2D eigenvalue weighted by molar-refractivity contribution is 0.0916. The van der Waals surface area contributed by atoms with Gasteiger partial charge in [-0.05, 0) is 107 Å². The first-order valence-electron chi connectivity index (χ1n) is 15.7. The van der Waals surface area contributed by atoms with Crippen molar-refractivity contribution in [3.05, 3.63) is 93.9 Å². The summed E-state index contributed by atoms with van der Waals surface area (Å²) in [5.74, 6) is 1.11. The van der Waals surface area contributed by atoms with E-state index >= 15 is 0 Å². The van der Waals surface area contributed by atoms with Crippen LogP contribution in [0.1, 0.15) is 75.4 Å². The second-order valence-corrected chi connectivity index (χ2v) is 11.9. The van der Waals surface area contributed by atoms with Crippen LogP contribution >= 0.6 is 0 Å². The SMILES string of the molecule is CCc1cccc(CC)c1NC(=O)c1ccn2c1CCc1cnc(Nc3ccc(C(=O)NC4CCN(C)CC4)cc3C)nc1-2. The van der Waals surface area contributed by atoms with E-state index in [1.807, 2.05) is 48.1 Å². The summed E-state index contributed by atoms with van der Waals surface area (Å²) in [7, 11) is 2.11. The zero-order valence-electron chi connectivity index (χ0n) is 26.0. The molecule has 44 heavy (non-hydrogen) atoms. The van der Waals surface area contributed by atoms with Gasteiger partial charge in [-0.3, -0.25) is 9.59 Å². The Bertz CT molecular complexity index is 1680. The summed E-state index contributed by atoms with van der Waals surface area (Å²) in [6.07, 6.45) is 8.92. The number of fused-ring (bicyclic) bond motifs is 3. The molecule has 2 aromatic carbocycles. The third-order valence-corrected chi connectivity index (χ3v) is 8.96. The molecule has 6 rings (SSSR count). The number of aryl methyl sites for hydroxylation is 4. The summed E-state index contributed by atoms with van der Waals surface area (Å²) in [5.41, 5.74) is 8.27. The maximum Gasteiger partial charge on any atom is 0.257 e. The second-order valence-electron chi connectivity index (χ2n) is 11.9. The van der Waals surface area contributed by atoms with Gasteiger partial charge in [0.05, 0.1) is 5.56 Å². The van der Waals surface area contributed by atoms with Crippen molar-refractivity contribution in [3.8, 4) is 5.82 Å². The number of nitrogens with one attached hydrogen (secondary N) is 3. The first-order valence-corrected chi connectivity index (χ1v) is 15.7. The van der Waals surface area contributed by atoms with Crippen LogP contribution in [0.2, 0.25) is 0 Å². The maximum absolute atomic E-state index is 13.5. The summed E-state index contributed by atoms with van der Waals surface area (Å²) in [4.78, 5) is 38.2. The van der Waals surface area contributed by atoms with Crippen molar-refractivity contribution in [1.29, 1.82) is 0 Å². The fraction of sp³-hybridized carbons (Fsp3) is 0.371. The van der Waals surface area contributed by atoms with Gasteiger partial charge in [-0.25, -0.2) is 4.98 Å². The zero-order valence-corrected chi connectivity index (χ0v) is 26.0. The molecule has 2 aliphatic rings. The highest BCUT2D eigenvalue weighted by Crippen LogP contribution is 2.30. The number of hydrogen-bond acceptors (Lipinski definition) is 6. The van der Waals surface area contributed by atoms with Crippen molar-refractivity contribution in [1.82, 2.24) is 24.8 Å². The van der Waals surface area contributed by atoms with Gasteiger partial charge in [0, 0.05) is 46.6 Å². The smallest absolute Gasteiger partial charge is 0.257 e. The minimum absolute atomic E-state index is 0.0386. The van der Waals surface area contributed by atoms with E-state index < -0.39 is 0 Å². The molecule has 0 spiro atoms. The number of rotatable bonds is 8. The van der Waals surface area contributed by atoms with Crippen molar-refractivity contribution >= 4 is 29.1 Å². The number of hydrogen-bond donors (Lipinski definition) is 3. The second kappa shape index (κ2) is 12.6. The lowest BCUT2D eigenvalue weighted by Crippen LogP contribution is -2.43. The van der Waals surface area contributed by atoms with Crippen LogP contribution in [-0.4, -0.2) is 57.4 Å². The monoisotopic (exact) mass is 591 g/mol. The van der Waals surface area contributed by atoms with Gasteiger partial charge >= 0.3 is 0 Å². The number of carbonyl (C=O) groups excluding carboxylic acids is 2. The number of para-hydroxylation sites is 1. The summed E-state index contributed by atoms with van der Waals surface area (Å²) in [6.45, 7) is 8.19. The van der Waals surface area contributed by atoms with Crippen LogP contribution in [0.5, 0.6) is 0 Å². The predicted molar refractivity (Wildman–Crippen MR) is 174 cm³/mol. The molecular weight excluding hydrogens is 550 g/mol. The van der Waals surface area contributed by atoms with Crippen LogP contribution in [0.25, 0.3) is 5.82 Å². The first-order chi connectivity index (χ1) is 21.3. The minimum atomic E-state index is -0.0965. The molecule has 2 aliphatic heterocycles. The number of anilines is 3. The van der Waals surface area contributed by atoms with E-state index in [4.69, 9.17) is 4.98 Å². The van der Waals surface area contributed by atoms with Crippen molar-refractivity contribution in [3.63, 3.8) is 0 Å². The average molecular weight is 592 g/mol. The average Bonchev–Trinajstić information content (AvgIpc) is 3.48. The topological polar surface area (TPSA) is 104 Å². The zero-order chi connectivity index (χ0) is 30.8. The first kappa shape index (κ1) is 29.6. The van der Waals surface area contributed by atoms with Crippen molar-refractivity contribution in [2.45, 2.75) is 65.3 Å². The van der Waals surface area contributed by atoms with Gasteiger partial charge in [-0.1, -0.05) is 32.0 Å². The molecule has 0 aliphatic carbocycles. The molecule has 0 unspecified atom stereocenters. The fourth-order valence-corrected chi connectivity index (χ4v) is 6.29. The van der Waals surface area contributed by atoms with Crippen LogP contribution in [0.3, 0.4) is 0 Å². The van der Waals surface area contributed by atoms with Gasteiger partial charge in [-0.15, -0.1) is 0 Å². The predicted octanol–water partition coefficient (Wildman–Crippen LogP) is 5.62. The van der Waals surface area contributed by atoms with Gasteiger partial charge in [0.2, 0.25) is 5.95 Å². The third kappa shape index (κ3) is 5.97. The van der Waals surface area contributed by atoms with Crippen LogP contribution < -0.4 is 16.0 Å². The van der Waals surface area contributed by atoms with Crippen LogP contribution in [0.15, 0.2) is 54.9 Å². The lowest BCUT2D eigenvalue weighted by atomic mass is 10.0. The minimum Gasteiger partial charge on any atom is -0.349 e. The number of nitrogens with zero attached hydrogens (tertiary/aromatic N) is 4. The molecule has 1 saturated heterocycles. The number of carbonyl (C=O) groups is 2. The summed E-state index contributed by atoms with van der Waals surface area (Å²) in [6, 6.07) is 14.0. The molecule has 0 saturated carbocycles. The Labute approximate surface area is 259 Å². The van der Waals surface area contributed by atoms with Crippen LogP contribution in [-0.2, 0) is 25.7 Å². The van der Waals surface area contributed by atoms with Crippen molar-refractivity contribution < 1.29 is 9.59 Å². The van der Waals surface area contributed by atoms with Gasteiger partial charge < -0.3 is 25.4 Å². The molecule has 4 aromatic rings. The lowest BCUT2D eigenvalue weighted by Gasteiger charge is -2.29. The summed E-state index contributed by atoms with van der Waals surface area (Å²) in [5, 5.41) is 9.75. The molecule has 3 N–H and O–H groups in total. The highest BCUT2D eigenvalue weighted by Gasteiger charge is 2.25. The standard InChI is InChI=1S/C35H41N7O2/c1-5-23-8-7-9-24(6-2)31(23)39-34(44)28-16-19-42-30(28)13-11-26-21-36-35(40-32(26)42)38-29-12-10-25(20-22(29)3)33(43)37-27-14-17-41(4)18-15-27/h7-10,12,16,19-21,27H,5-6,11,13-15,17-18H2,1-4H3,(H,37,43)(H,39,44)(H,36,38,40). The third-order valence-electron chi connectivity index (χ3n) is 8.96. The Morgan fingerprint density at radius 2 is 1.73 bits per heavy atom. The van der Waals surface area contributed by atoms with E-state index in [2.05, 4.69) is 64.9 Å². The molecule has 0 bridgehead atoms. The van der Waals surface area contributed by atoms with Gasteiger partial charge in [0.15, 0.2) is 0 Å². The van der Waals surface area contributed by atoms with E-state index in [1.165, 1.54) is 0 Å². The Morgan fingerprint density at radius 1 is 0.977 bits per heavy atom. The highest BCUT2D eigenvalue weighted by molar-refractivity contribution is 6.06. The Morgan fingerprint density at radius 3 is 2.43 bits per heavy atom. The van der Waals surface area contributed by atoms with E-state index in [0.717, 1.165) is 96.8 Å². The van der Waals surface area contributed by atoms with E-state index in [1.54, 1.807) is 0 Å². The Kier molecular flexibility index (Phi) is 8.48. The van der Waals surface area contributed by atoms with E-state index in [-0.39, 0.29) is 17.9 Å². The highest BCUT2D eigenvalue weighted by atomic mass is 16.2. The summed E-state index contributed by atoms with van der Waals surface area (Å²) < 4.78 is 2.01. The number of amides is 2. The molecular formula is C35H41N7O2. The molecule has 2 aromatic heterocycles. The molecule has 0 radical (unpaired) electrons. The normalized spacial score (nSPS) is 14.9. The van der Waals surface area contributed by atoms with Crippen LogP contribution in [0, 0.1) is 6.92 Å². The van der Waals surface area contributed by atoms with Crippen LogP contribution in [0.4, 0.5) is 17.3 Å². The number of benzene rings is 2. The van der Waals surface area contributed by atoms with Gasteiger partial charge in [0.25, 0.3) is 11.8 Å². The van der Waals surface area contributed by atoms with Gasteiger partial charge in [0.1, 0.15) is 5.82 Å². The van der Waals surface area contributed by atoms with E-state index in [0.29, 0.717) is 17.1 Å². The quantitative estimate of drug-likeness (QED) is 0.246. The maximum atomic E-state index is 13.5. The molecule has 9 nitrogen and oxygen atoms in total. The Balaban J connectivity index is 1.18. The number of aromatic nitrogens is 3. The molecule has 9 heteroatoms. The molecule has 2 amide bonds. The molecule has 4 heterocycles. The fourth-order valence-electron chi connectivity index (χ4n) is 6.29. The van der Waals surface area contributed by atoms with Crippen molar-refractivity contribution in [2.24, 2.45) is 0 Å². The molecule has 1 fully saturated rings. The molecule has 228 valence electrons. The molecule has 0 atom stereocenters. The van der Waals surface area contributed by atoms with E-state index in [9.17, 15) is 9.59 Å². The largest absolute Gasteiger partial charge is 0.349 e. The van der Waals surface area contributed by atoms with Crippen molar-refractivity contribution in [2.75, 3.05) is 30.8 Å². The number of piperidine rings is 1. The van der Waals surface area contributed by atoms with Gasteiger partial charge in [-0.2, -0.15) is 4.98 Å². The summed E-state index contributed by atoms with van der Waals surface area (Å²) >= 11 is 0. The number of likely N-dealkylation sites (tertiary alicyclic amines) is 1. The Hall–Kier alpha value is -4.50.